The second-order valence-corrected chi connectivity index (χ2v) is 11.1. The molecular weight excluding hydrogens is 520 g/mol. The fraction of sp³-hybridized carbons (Fsp3) is 0.208. The fourth-order valence-electron chi connectivity index (χ4n) is 3.99. The van der Waals surface area contributed by atoms with Crippen LogP contribution in [0.25, 0.3) is 0 Å². The van der Waals surface area contributed by atoms with Gasteiger partial charge in [-0.2, -0.15) is 9.82 Å². The highest BCUT2D eigenvalue weighted by Crippen LogP contribution is 2.37. The van der Waals surface area contributed by atoms with E-state index in [0.29, 0.717) is 26.9 Å². The first-order valence-corrected chi connectivity index (χ1v) is 13.0. The Morgan fingerprint density at radius 2 is 1.68 bits per heavy atom. The van der Waals surface area contributed by atoms with Crippen LogP contribution in [0.1, 0.15) is 35.7 Å². The van der Waals surface area contributed by atoms with E-state index in [1.807, 2.05) is 19.1 Å². The number of nitrogens with zero attached hydrogens (tertiary/aromatic N) is 1. The summed E-state index contributed by atoms with van der Waals surface area (Å²) in [7, 11) is -4.14. The van der Waals surface area contributed by atoms with E-state index >= 15 is 0 Å². The number of hydrogen-bond donors (Lipinski definition) is 2. The third-order valence-electron chi connectivity index (χ3n) is 5.81. The number of nitrogens with one attached hydrogen (secondary N) is 2. The molecular formula is C24H21Cl3FN3O2S. The van der Waals surface area contributed by atoms with E-state index in [-0.39, 0.29) is 21.9 Å². The van der Waals surface area contributed by atoms with E-state index in [4.69, 9.17) is 34.8 Å². The molecule has 1 aliphatic rings. The van der Waals surface area contributed by atoms with E-state index in [2.05, 4.69) is 15.2 Å². The topological polar surface area (TPSA) is 70.6 Å². The number of benzene rings is 3. The van der Waals surface area contributed by atoms with Gasteiger partial charge in [-0.05, 0) is 60.0 Å². The summed E-state index contributed by atoms with van der Waals surface area (Å²) >= 11 is 18.6. The van der Waals surface area contributed by atoms with Crippen molar-refractivity contribution in [3.63, 3.8) is 0 Å². The molecule has 0 amide bonds. The first-order valence-electron chi connectivity index (χ1n) is 10.4. The molecule has 1 heterocycles. The van der Waals surface area contributed by atoms with Crippen molar-refractivity contribution in [1.82, 2.24) is 10.1 Å². The number of sulfonamides is 1. The molecule has 0 fully saturated rings. The maximum absolute atomic E-state index is 13.9. The minimum atomic E-state index is -4.14. The molecule has 3 aromatic carbocycles. The number of hydrogen-bond acceptors (Lipinski definition) is 4. The Morgan fingerprint density at radius 1 is 1.00 bits per heavy atom. The Morgan fingerprint density at radius 3 is 2.35 bits per heavy atom. The molecule has 3 aromatic rings. The van der Waals surface area contributed by atoms with Gasteiger partial charge < -0.3 is 5.43 Å². The molecule has 0 bridgehead atoms. The van der Waals surface area contributed by atoms with Crippen molar-refractivity contribution >= 4 is 50.5 Å². The highest BCUT2D eigenvalue weighted by molar-refractivity contribution is 7.89. The summed E-state index contributed by atoms with van der Waals surface area (Å²) in [6.07, 6.45) is 0. The molecule has 1 aliphatic heterocycles. The molecule has 4 rings (SSSR count). The third kappa shape index (κ3) is 5.09. The lowest BCUT2D eigenvalue weighted by Crippen LogP contribution is -2.36. The minimum absolute atomic E-state index is 0.156. The molecule has 3 unspecified atom stereocenters. The van der Waals surface area contributed by atoms with Gasteiger partial charge in [0.15, 0.2) is 0 Å². The van der Waals surface area contributed by atoms with Gasteiger partial charge in [-0.3, -0.25) is 0 Å². The maximum Gasteiger partial charge on any atom is 0.241 e. The molecule has 5 nitrogen and oxygen atoms in total. The molecule has 0 aromatic heterocycles. The average molecular weight is 541 g/mol. The Kier molecular flexibility index (Phi) is 7.22. The Balaban J connectivity index is 1.75. The van der Waals surface area contributed by atoms with Crippen molar-refractivity contribution in [1.29, 1.82) is 0 Å². The largest absolute Gasteiger partial charge is 0.302 e. The normalized spacial score (nSPS) is 18.9. The summed E-state index contributed by atoms with van der Waals surface area (Å²) in [6.45, 7) is 3.54. The van der Waals surface area contributed by atoms with Gasteiger partial charge in [-0.25, -0.2) is 12.8 Å². The fourth-order valence-corrected chi connectivity index (χ4v) is 6.08. The Hall–Kier alpha value is -2.16. The number of hydrazone groups is 1. The first-order chi connectivity index (χ1) is 16.1. The molecule has 0 saturated heterocycles. The Labute approximate surface area is 213 Å². The lowest BCUT2D eigenvalue weighted by atomic mass is 9.87. The van der Waals surface area contributed by atoms with Gasteiger partial charge in [0.1, 0.15) is 5.82 Å². The van der Waals surface area contributed by atoms with Crippen LogP contribution in [0.2, 0.25) is 15.1 Å². The van der Waals surface area contributed by atoms with Gasteiger partial charge in [0.25, 0.3) is 0 Å². The molecule has 10 heteroatoms. The van der Waals surface area contributed by atoms with Crippen LogP contribution in [0.15, 0.2) is 70.7 Å². The lowest BCUT2D eigenvalue weighted by molar-refractivity contribution is 0.519. The highest BCUT2D eigenvalue weighted by Gasteiger charge is 2.37. The van der Waals surface area contributed by atoms with Crippen LogP contribution in [0.5, 0.6) is 0 Å². The number of halogens is 4. The second kappa shape index (κ2) is 9.84. The van der Waals surface area contributed by atoms with Crippen LogP contribution >= 0.6 is 34.8 Å². The van der Waals surface area contributed by atoms with Crippen LogP contribution in [-0.4, -0.2) is 14.1 Å². The van der Waals surface area contributed by atoms with Crippen molar-refractivity contribution in [3.8, 4) is 0 Å². The van der Waals surface area contributed by atoms with Crippen LogP contribution in [0, 0.1) is 18.7 Å². The molecule has 0 aliphatic carbocycles. The van der Waals surface area contributed by atoms with Gasteiger partial charge >= 0.3 is 0 Å². The van der Waals surface area contributed by atoms with Crippen LogP contribution in [0.4, 0.5) is 4.39 Å². The van der Waals surface area contributed by atoms with Crippen molar-refractivity contribution in [2.24, 2.45) is 11.0 Å². The van der Waals surface area contributed by atoms with Gasteiger partial charge in [0.05, 0.1) is 22.7 Å². The van der Waals surface area contributed by atoms with E-state index in [1.165, 1.54) is 18.2 Å². The summed E-state index contributed by atoms with van der Waals surface area (Å²) in [5.74, 6) is -0.864. The summed E-state index contributed by atoms with van der Waals surface area (Å²) in [5.41, 5.74) is 5.46. The lowest BCUT2D eigenvalue weighted by Gasteiger charge is -2.25. The van der Waals surface area contributed by atoms with E-state index in [0.717, 1.165) is 11.6 Å². The van der Waals surface area contributed by atoms with Crippen molar-refractivity contribution in [3.05, 3.63) is 98.2 Å². The molecule has 0 radical (unpaired) electrons. The van der Waals surface area contributed by atoms with Gasteiger partial charge in [-0.1, -0.05) is 66.0 Å². The summed E-state index contributed by atoms with van der Waals surface area (Å²) < 4.78 is 43.4. The average Bonchev–Trinajstić information content (AvgIpc) is 3.16. The quantitative estimate of drug-likeness (QED) is 0.377. The Bertz CT molecular complexity index is 1360. The minimum Gasteiger partial charge on any atom is -0.302 e. The van der Waals surface area contributed by atoms with Crippen molar-refractivity contribution in [2.75, 3.05) is 0 Å². The molecule has 178 valence electrons. The van der Waals surface area contributed by atoms with Crippen LogP contribution in [0.3, 0.4) is 0 Å². The second-order valence-electron chi connectivity index (χ2n) is 8.11. The van der Waals surface area contributed by atoms with Crippen molar-refractivity contribution < 1.29 is 12.8 Å². The first kappa shape index (κ1) is 24.9. The van der Waals surface area contributed by atoms with E-state index in [9.17, 15) is 12.8 Å². The third-order valence-corrected chi connectivity index (χ3v) is 8.19. The van der Waals surface area contributed by atoms with Gasteiger partial charge in [0.2, 0.25) is 10.0 Å². The predicted molar refractivity (Wildman–Crippen MR) is 135 cm³/mol. The summed E-state index contributed by atoms with van der Waals surface area (Å²) in [6, 6.07) is 14.7. The SMILES string of the molecule is Cc1ccc(F)cc1S(=O)(=O)NC(C1=NNC(c2ccc(Cl)cc2)C1C)c1ccc(Cl)cc1Cl. The number of aryl methyl sites for hydroxylation is 1. The van der Waals surface area contributed by atoms with Crippen LogP contribution in [-0.2, 0) is 10.0 Å². The zero-order valence-electron chi connectivity index (χ0n) is 18.2. The predicted octanol–water partition coefficient (Wildman–Crippen LogP) is 6.45. The zero-order valence-corrected chi connectivity index (χ0v) is 21.3. The molecule has 3 atom stereocenters. The monoisotopic (exact) mass is 539 g/mol. The molecule has 0 spiro atoms. The smallest absolute Gasteiger partial charge is 0.241 e. The number of rotatable bonds is 6. The highest BCUT2D eigenvalue weighted by atomic mass is 35.5. The molecule has 2 N–H and O–H groups in total. The summed E-state index contributed by atoms with van der Waals surface area (Å²) in [4.78, 5) is -0.156. The molecule has 0 saturated carbocycles. The maximum atomic E-state index is 13.9. The van der Waals surface area contributed by atoms with Gasteiger partial charge in [0, 0.05) is 21.0 Å². The van der Waals surface area contributed by atoms with Crippen LogP contribution < -0.4 is 10.1 Å². The van der Waals surface area contributed by atoms with E-state index in [1.54, 1.807) is 31.2 Å². The van der Waals surface area contributed by atoms with Crippen molar-refractivity contribution in [2.45, 2.75) is 30.8 Å². The van der Waals surface area contributed by atoms with Gasteiger partial charge in [-0.15, -0.1) is 0 Å². The van der Waals surface area contributed by atoms with E-state index < -0.39 is 21.9 Å². The zero-order chi connectivity index (χ0) is 24.6. The standard InChI is InChI=1S/C24H21Cl3FN3O2S/c1-13-3-9-18(28)12-21(13)34(32,33)31-24(19-10-8-17(26)11-20(19)27)23-14(2)22(29-30-23)15-4-6-16(25)7-5-15/h3-12,14,22,24,29,31H,1-2H3. The molecule has 34 heavy (non-hydrogen) atoms. The summed E-state index contributed by atoms with van der Waals surface area (Å²) in [5, 5.41) is 5.80.